The predicted molar refractivity (Wildman–Crippen MR) is 188 cm³/mol. The van der Waals surface area contributed by atoms with Gasteiger partial charge in [0.2, 0.25) is 5.91 Å². The van der Waals surface area contributed by atoms with Crippen LogP contribution in [0.1, 0.15) is 162 Å². The van der Waals surface area contributed by atoms with Gasteiger partial charge < -0.3 is 15.5 Å². The number of aliphatic hydroxyl groups is 2. The Labute approximate surface area is 266 Å². The zero-order valence-electron chi connectivity index (χ0n) is 28.2. The first kappa shape index (κ1) is 41.1. The van der Waals surface area contributed by atoms with Crippen molar-refractivity contribution in [1.82, 2.24) is 5.32 Å². The number of allylic oxidation sites excluding steroid dienone is 9. The molecule has 0 aromatic heterocycles. The van der Waals surface area contributed by atoms with E-state index in [-0.39, 0.29) is 12.5 Å². The summed E-state index contributed by atoms with van der Waals surface area (Å²) in [6, 6.07) is -0.660. The Hall–Kier alpha value is -1.91. The normalized spacial score (nSPS) is 13.9. The summed E-state index contributed by atoms with van der Waals surface area (Å²) >= 11 is 0. The molecule has 2 atom stereocenters. The summed E-state index contributed by atoms with van der Waals surface area (Å²) in [6.45, 7) is 4.14. The molecule has 0 saturated carbocycles. The molecule has 43 heavy (non-hydrogen) atoms. The van der Waals surface area contributed by atoms with Crippen LogP contribution >= 0.6 is 0 Å². The van der Waals surface area contributed by atoms with E-state index in [1.165, 1.54) is 96.3 Å². The van der Waals surface area contributed by atoms with E-state index in [2.05, 4.69) is 61.7 Å². The molecule has 2 unspecified atom stereocenters. The molecular formula is C39H69NO3. The first-order valence-electron chi connectivity index (χ1n) is 18.0. The van der Waals surface area contributed by atoms with E-state index in [9.17, 15) is 15.0 Å². The van der Waals surface area contributed by atoms with Gasteiger partial charge in [-0.2, -0.15) is 0 Å². The van der Waals surface area contributed by atoms with Crippen LogP contribution < -0.4 is 5.32 Å². The van der Waals surface area contributed by atoms with Crippen LogP contribution in [-0.4, -0.2) is 34.9 Å². The largest absolute Gasteiger partial charge is 0.394 e. The van der Waals surface area contributed by atoms with Crippen LogP contribution in [0, 0.1) is 0 Å². The Balaban J connectivity index is 3.73. The molecule has 0 aliphatic carbocycles. The van der Waals surface area contributed by atoms with Crippen molar-refractivity contribution in [2.24, 2.45) is 0 Å². The van der Waals surface area contributed by atoms with Crippen molar-refractivity contribution in [2.75, 3.05) is 6.61 Å². The number of aliphatic hydroxyl groups excluding tert-OH is 2. The van der Waals surface area contributed by atoms with Gasteiger partial charge in [0, 0.05) is 6.42 Å². The third-order valence-corrected chi connectivity index (χ3v) is 7.77. The first-order chi connectivity index (χ1) is 21.2. The fourth-order valence-corrected chi connectivity index (χ4v) is 5.01. The lowest BCUT2D eigenvalue weighted by Gasteiger charge is -2.19. The summed E-state index contributed by atoms with van der Waals surface area (Å²) < 4.78 is 0. The van der Waals surface area contributed by atoms with E-state index < -0.39 is 12.1 Å². The third-order valence-electron chi connectivity index (χ3n) is 7.77. The molecule has 1 amide bonds. The quantitative estimate of drug-likeness (QED) is 0.0548. The molecule has 0 aliphatic rings. The van der Waals surface area contributed by atoms with E-state index in [1.54, 1.807) is 6.08 Å². The average Bonchev–Trinajstić information content (AvgIpc) is 3.01. The number of hydrogen-bond donors (Lipinski definition) is 3. The highest BCUT2D eigenvalue weighted by molar-refractivity contribution is 5.76. The Kier molecular flexibility index (Phi) is 33.0. The number of carbonyl (C=O) groups is 1. The van der Waals surface area contributed by atoms with E-state index in [4.69, 9.17) is 0 Å². The van der Waals surface area contributed by atoms with Gasteiger partial charge in [0.25, 0.3) is 0 Å². The molecule has 0 rings (SSSR count). The topological polar surface area (TPSA) is 69.6 Å². The Bertz CT molecular complexity index is 737. The van der Waals surface area contributed by atoms with Crippen LogP contribution in [0.3, 0.4) is 0 Å². The number of unbranched alkanes of at least 4 members (excludes halogenated alkanes) is 16. The summed E-state index contributed by atoms with van der Waals surface area (Å²) in [7, 11) is 0. The van der Waals surface area contributed by atoms with Crippen molar-refractivity contribution in [3.63, 3.8) is 0 Å². The lowest BCUT2D eigenvalue weighted by atomic mass is 10.0. The van der Waals surface area contributed by atoms with Crippen molar-refractivity contribution >= 4 is 5.91 Å². The van der Waals surface area contributed by atoms with Crippen LogP contribution in [0.25, 0.3) is 0 Å². The molecule has 0 aliphatic heterocycles. The SMILES string of the molecule is CC/C=C\C/C=C\C/C=C\C/C=C\CCC(=O)NC(CO)C(O)/C=C/CCCCCCCCCCCCCCCCCC. The Morgan fingerprint density at radius 1 is 0.581 bits per heavy atom. The van der Waals surface area contributed by atoms with Gasteiger partial charge in [0.05, 0.1) is 18.8 Å². The highest BCUT2D eigenvalue weighted by Crippen LogP contribution is 2.14. The van der Waals surface area contributed by atoms with Gasteiger partial charge >= 0.3 is 0 Å². The van der Waals surface area contributed by atoms with Crippen LogP contribution in [0.4, 0.5) is 0 Å². The standard InChI is InChI=1S/C39H69NO3/c1-3-5-7-9-11-13-15-17-18-19-20-21-23-24-26-28-30-32-34-38(42)37(36-41)40-39(43)35-33-31-29-27-25-22-16-14-12-10-8-6-4-2/h6,8,12,14,22,25,29,31-32,34,37-38,41-42H,3-5,7,9-11,13,15-21,23-24,26-28,30,33,35-36H2,1-2H3,(H,40,43)/b8-6-,14-12-,25-22-,31-29-,34-32+. The molecule has 4 heteroatoms. The van der Waals surface area contributed by atoms with E-state index in [0.29, 0.717) is 12.8 Å². The van der Waals surface area contributed by atoms with Gasteiger partial charge in [0.15, 0.2) is 0 Å². The van der Waals surface area contributed by atoms with E-state index >= 15 is 0 Å². The highest BCUT2D eigenvalue weighted by atomic mass is 16.3. The molecule has 0 aromatic rings. The number of amides is 1. The van der Waals surface area contributed by atoms with Gasteiger partial charge in [-0.3, -0.25) is 4.79 Å². The van der Waals surface area contributed by atoms with Gasteiger partial charge in [-0.25, -0.2) is 0 Å². The summed E-state index contributed by atoms with van der Waals surface area (Å²) in [5.41, 5.74) is 0. The minimum atomic E-state index is -0.868. The van der Waals surface area contributed by atoms with Crippen LogP contribution in [0.15, 0.2) is 60.8 Å². The predicted octanol–water partition coefficient (Wildman–Crippen LogP) is 10.6. The molecular weight excluding hydrogens is 530 g/mol. The molecule has 0 spiro atoms. The molecule has 0 aromatic carbocycles. The van der Waals surface area contributed by atoms with Crippen LogP contribution in [0.5, 0.6) is 0 Å². The zero-order valence-corrected chi connectivity index (χ0v) is 28.2. The molecule has 248 valence electrons. The summed E-state index contributed by atoms with van der Waals surface area (Å²) in [6.07, 6.45) is 47.5. The fraction of sp³-hybridized carbons (Fsp3) is 0.718. The van der Waals surface area contributed by atoms with Crippen molar-refractivity contribution in [2.45, 2.75) is 174 Å². The molecule has 0 radical (unpaired) electrons. The molecule has 3 N–H and O–H groups in total. The average molecular weight is 600 g/mol. The maximum Gasteiger partial charge on any atom is 0.220 e. The van der Waals surface area contributed by atoms with Crippen molar-refractivity contribution in [3.8, 4) is 0 Å². The van der Waals surface area contributed by atoms with Gasteiger partial charge in [-0.15, -0.1) is 0 Å². The highest BCUT2D eigenvalue weighted by Gasteiger charge is 2.17. The third kappa shape index (κ3) is 31.3. The van der Waals surface area contributed by atoms with Crippen molar-refractivity contribution in [1.29, 1.82) is 0 Å². The minimum Gasteiger partial charge on any atom is -0.394 e. The maximum absolute atomic E-state index is 12.2. The number of nitrogens with one attached hydrogen (secondary N) is 1. The fourth-order valence-electron chi connectivity index (χ4n) is 5.01. The van der Waals surface area contributed by atoms with E-state index in [1.807, 2.05) is 12.2 Å². The number of rotatable bonds is 31. The van der Waals surface area contributed by atoms with Gasteiger partial charge in [-0.1, -0.05) is 171 Å². The van der Waals surface area contributed by atoms with Crippen LogP contribution in [0.2, 0.25) is 0 Å². The second kappa shape index (κ2) is 34.6. The molecule has 0 saturated heterocycles. The van der Waals surface area contributed by atoms with Gasteiger partial charge in [0.1, 0.15) is 0 Å². The van der Waals surface area contributed by atoms with Crippen LogP contribution in [-0.2, 0) is 4.79 Å². The molecule has 0 fully saturated rings. The van der Waals surface area contributed by atoms with E-state index in [0.717, 1.165) is 38.5 Å². The summed E-state index contributed by atoms with van der Waals surface area (Å²) in [5, 5.41) is 22.8. The lowest BCUT2D eigenvalue weighted by Crippen LogP contribution is -2.45. The smallest absolute Gasteiger partial charge is 0.220 e. The number of carbonyl (C=O) groups excluding carboxylic acids is 1. The van der Waals surface area contributed by atoms with Gasteiger partial charge in [-0.05, 0) is 44.9 Å². The lowest BCUT2D eigenvalue weighted by molar-refractivity contribution is -0.122. The minimum absolute atomic E-state index is 0.147. The second-order valence-corrected chi connectivity index (χ2v) is 11.9. The maximum atomic E-state index is 12.2. The molecule has 4 nitrogen and oxygen atoms in total. The molecule has 0 heterocycles. The Morgan fingerprint density at radius 2 is 1.02 bits per heavy atom. The number of hydrogen-bond acceptors (Lipinski definition) is 3. The Morgan fingerprint density at radius 3 is 1.49 bits per heavy atom. The monoisotopic (exact) mass is 600 g/mol. The zero-order chi connectivity index (χ0) is 31.5. The summed E-state index contributed by atoms with van der Waals surface area (Å²) in [4.78, 5) is 12.2. The summed E-state index contributed by atoms with van der Waals surface area (Å²) in [5.74, 6) is -0.147. The molecule has 0 bridgehead atoms. The van der Waals surface area contributed by atoms with Crippen molar-refractivity contribution in [3.05, 3.63) is 60.8 Å². The second-order valence-electron chi connectivity index (χ2n) is 11.9. The first-order valence-corrected chi connectivity index (χ1v) is 18.0. The van der Waals surface area contributed by atoms with Crippen molar-refractivity contribution < 1.29 is 15.0 Å².